The largest absolute Gasteiger partial charge is 0.403 e. The molecular weight excluding hydrogens is 686 g/mol. The average Bonchev–Trinajstić information content (AvgIpc) is 4.09. The zero-order chi connectivity index (χ0) is 36.5. The molecule has 2 saturated carbocycles. The van der Waals surface area contributed by atoms with Crippen LogP contribution in [0.15, 0.2) is 50.7 Å². The Hall–Kier alpha value is -5.35. The van der Waals surface area contributed by atoms with E-state index in [-0.39, 0.29) is 46.0 Å². The number of rotatable bonds is 7. The monoisotopic (exact) mass is 726 g/mol. The van der Waals surface area contributed by atoms with Gasteiger partial charge in [0, 0.05) is 82.2 Å². The molecule has 0 atom stereocenters. The van der Waals surface area contributed by atoms with Crippen LogP contribution < -0.4 is 31.3 Å². The van der Waals surface area contributed by atoms with Crippen LogP contribution in [0, 0.1) is 11.6 Å². The molecule has 2 aliphatic heterocycles. The van der Waals surface area contributed by atoms with Crippen LogP contribution in [0.4, 0.5) is 36.7 Å². The first-order chi connectivity index (χ1) is 25.6. The number of fused-ring (bicyclic) bond motifs is 2. The third-order valence-electron chi connectivity index (χ3n) is 10.9. The number of benzene rings is 2. The van der Waals surface area contributed by atoms with Crippen LogP contribution in [0.5, 0.6) is 0 Å². The van der Waals surface area contributed by atoms with E-state index in [1.807, 2.05) is 33.0 Å². The van der Waals surface area contributed by atoms with Crippen molar-refractivity contribution in [1.82, 2.24) is 29.1 Å². The van der Waals surface area contributed by atoms with Gasteiger partial charge in [0.25, 0.3) is 5.89 Å². The summed E-state index contributed by atoms with van der Waals surface area (Å²) in [6, 6.07) is 5.17. The Morgan fingerprint density at radius 1 is 0.698 bits per heavy atom. The van der Waals surface area contributed by atoms with Crippen molar-refractivity contribution in [3.05, 3.63) is 68.7 Å². The van der Waals surface area contributed by atoms with Crippen LogP contribution in [-0.4, -0.2) is 102 Å². The third kappa shape index (κ3) is 6.28. The van der Waals surface area contributed by atoms with Gasteiger partial charge in [0.1, 0.15) is 22.9 Å². The summed E-state index contributed by atoms with van der Waals surface area (Å²) in [6.07, 6.45) is 6.88. The molecule has 0 unspecified atom stereocenters. The van der Waals surface area contributed by atoms with Gasteiger partial charge >= 0.3 is 12.0 Å². The van der Waals surface area contributed by atoms with Crippen molar-refractivity contribution in [1.29, 1.82) is 0 Å². The van der Waals surface area contributed by atoms with Crippen molar-refractivity contribution < 1.29 is 18.0 Å². The highest BCUT2D eigenvalue weighted by atomic mass is 19.1. The Balaban J connectivity index is 0.979. The minimum Gasteiger partial charge on any atom is -0.403 e. The zero-order valence-corrected chi connectivity index (χ0v) is 29.6. The van der Waals surface area contributed by atoms with Gasteiger partial charge in [0.05, 0.1) is 27.8 Å². The van der Waals surface area contributed by atoms with Crippen molar-refractivity contribution in [2.75, 3.05) is 86.9 Å². The van der Waals surface area contributed by atoms with Gasteiger partial charge in [-0.25, -0.2) is 13.6 Å². The molecule has 276 valence electrons. The first-order valence-corrected chi connectivity index (χ1v) is 18.2. The Labute approximate surface area is 302 Å². The van der Waals surface area contributed by atoms with Gasteiger partial charge in [-0.15, -0.1) is 5.10 Å². The molecule has 53 heavy (non-hydrogen) atoms. The summed E-state index contributed by atoms with van der Waals surface area (Å²) >= 11 is 0. The maximum atomic E-state index is 15.5. The lowest BCUT2D eigenvalue weighted by atomic mass is 10.1. The Bertz CT molecular complexity index is 2390. The number of carbonyl (C=O) groups is 1. The highest BCUT2D eigenvalue weighted by Crippen LogP contribution is 2.40. The minimum absolute atomic E-state index is 0.0341. The number of likely N-dealkylation sites (N-methyl/N-ethyl adjacent to an activating group) is 2. The van der Waals surface area contributed by atoms with E-state index in [4.69, 9.17) is 4.42 Å². The second-order valence-corrected chi connectivity index (χ2v) is 14.7. The topological polar surface area (TPSA) is 137 Å². The van der Waals surface area contributed by atoms with Crippen molar-refractivity contribution in [3.63, 3.8) is 0 Å². The molecule has 4 fully saturated rings. The molecule has 4 aliphatic rings. The van der Waals surface area contributed by atoms with Crippen LogP contribution in [0.1, 0.15) is 37.8 Å². The summed E-state index contributed by atoms with van der Waals surface area (Å²) in [5.41, 5.74) is 1.23. The molecule has 0 radical (unpaired) electrons. The molecule has 2 saturated heterocycles. The van der Waals surface area contributed by atoms with Crippen LogP contribution in [0.25, 0.3) is 33.3 Å². The fourth-order valence-electron chi connectivity index (χ4n) is 7.48. The van der Waals surface area contributed by atoms with Gasteiger partial charge in [-0.05, 0) is 64.0 Å². The number of anilines is 4. The molecule has 3 aromatic heterocycles. The third-order valence-corrected chi connectivity index (χ3v) is 10.9. The molecule has 16 heteroatoms. The number of carbonyl (C=O) groups excluding carboxylic acids is 1. The number of piperazine rings is 2. The molecule has 0 spiro atoms. The van der Waals surface area contributed by atoms with Crippen molar-refractivity contribution in [2.45, 2.75) is 37.8 Å². The number of pyridine rings is 2. The molecule has 2 N–H and O–H groups in total. The van der Waals surface area contributed by atoms with Crippen molar-refractivity contribution in [3.8, 4) is 11.5 Å². The van der Waals surface area contributed by atoms with E-state index in [0.717, 1.165) is 51.9 Å². The normalized spacial score (nSPS) is 18.6. The second kappa shape index (κ2) is 12.9. The molecule has 14 nitrogen and oxygen atoms in total. The summed E-state index contributed by atoms with van der Waals surface area (Å²) in [4.78, 5) is 48.9. The predicted octanol–water partition coefficient (Wildman–Crippen LogP) is 4.46. The SMILES string of the molecule is CN1CCN(c2cc3c(cc2F)c(=O)c(NC(=O)Nc2nnc(-c4cn(C5CC5)c5cc(N6CCN(C)CC6)c(F)cc5c4=O)o2)cn3C2CC2)CC1. The number of halogens is 2. The van der Waals surface area contributed by atoms with Crippen LogP contribution >= 0.6 is 0 Å². The molecular formula is C37H40F2N10O4. The highest BCUT2D eigenvalue weighted by molar-refractivity contribution is 6.00. The predicted molar refractivity (Wildman–Crippen MR) is 198 cm³/mol. The molecule has 5 aromatic rings. The Morgan fingerprint density at radius 2 is 1.21 bits per heavy atom. The number of hydrogen-bond donors (Lipinski definition) is 2. The van der Waals surface area contributed by atoms with E-state index in [9.17, 15) is 14.4 Å². The summed E-state index contributed by atoms with van der Waals surface area (Å²) in [5, 5.41) is 13.3. The number of nitrogens with zero attached hydrogens (tertiary/aromatic N) is 8. The molecule has 5 heterocycles. The quantitative estimate of drug-likeness (QED) is 0.248. The fourth-order valence-corrected chi connectivity index (χ4v) is 7.48. The number of amides is 2. The fraction of sp³-hybridized carbons (Fsp3) is 0.432. The van der Waals surface area contributed by atoms with E-state index < -0.39 is 28.5 Å². The minimum atomic E-state index is -0.832. The number of nitrogens with one attached hydrogen (secondary N) is 2. The average molecular weight is 727 g/mol. The van der Waals surface area contributed by atoms with Crippen LogP contribution in [0.3, 0.4) is 0 Å². The summed E-state index contributed by atoms with van der Waals surface area (Å²) in [5.74, 6) is -1.11. The second-order valence-electron chi connectivity index (χ2n) is 14.7. The lowest BCUT2D eigenvalue weighted by Gasteiger charge is -2.34. The summed E-state index contributed by atoms with van der Waals surface area (Å²) in [7, 11) is 4.07. The first kappa shape index (κ1) is 33.5. The lowest BCUT2D eigenvalue weighted by molar-refractivity contribution is 0.261. The first-order valence-electron chi connectivity index (χ1n) is 18.2. The van der Waals surface area contributed by atoms with Crippen LogP contribution in [-0.2, 0) is 0 Å². The van der Waals surface area contributed by atoms with Crippen molar-refractivity contribution in [2.24, 2.45) is 0 Å². The standard InChI is InChI=1S/C37H40F2N10O4/c1-44-7-11-46(12-8-44)31-17-29-23(15-26(31)38)33(50)25(19-48(29)21-3-4-21)35-42-43-37(53-35)41-36(52)40-28-20-49(22-5-6-22)30-18-32(27(39)16-24(30)34(28)51)47-13-9-45(2)10-14-47/h15-22H,3-14H2,1-2H3,(H2,40,41,43,52). The van der Waals surface area contributed by atoms with E-state index in [1.165, 1.54) is 12.1 Å². The van der Waals surface area contributed by atoms with Gasteiger partial charge in [0.2, 0.25) is 10.9 Å². The Kier molecular flexibility index (Phi) is 8.18. The molecule has 2 aromatic carbocycles. The zero-order valence-electron chi connectivity index (χ0n) is 29.6. The van der Waals surface area contributed by atoms with Crippen molar-refractivity contribution >= 4 is 50.9 Å². The lowest BCUT2D eigenvalue weighted by Crippen LogP contribution is -2.44. The molecule has 2 aliphatic carbocycles. The number of aromatic nitrogens is 4. The van der Waals surface area contributed by atoms with E-state index in [0.29, 0.717) is 48.6 Å². The van der Waals surface area contributed by atoms with Gasteiger partial charge in [-0.3, -0.25) is 14.9 Å². The smallest absolute Gasteiger partial charge is 0.327 e. The maximum Gasteiger partial charge on any atom is 0.327 e. The number of urea groups is 1. The van der Waals surface area contributed by atoms with Crippen LogP contribution in [0.2, 0.25) is 0 Å². The van der Waals surface area contributed by atoms with Gasteiger partial charge < -0.3 is 38.5 Å². The van der Waals surface area contributed by atoms with E-state index in [1.54, 1.807) is 24.5 Å². The summed E-state index contributed by atoms with van der Waals surface area (Å²) in [6.45, 7) is 5.98. The van der Waals surface area contributed by atoms with Gasteiger partial charge in [0.15, 0.2) is 0 Å². The highest BCUT2D eigenvalue weighted by Gasteiger charge is 2.30. The Morgan fingerprint density at radius 3 is 1.74 bits per heavy atom. The van der Waals surface area contributed by atoms with Gasteiger partial charge in [-0.2, -0.15) is 0 Å². The summed E-state index contributed by atoms with van der Waals surface area (Å²) < 4.78 is 40.7. The molecule has 9 rings (SSSR count). The van der Waals surface area contributed by atoms with E-state index >= 15 is 8.78 Å². The molecule has 2 amide bonds. The maximum absolute atomic E-state index is 15.5. The number of hydrogen-bond acceptors (Lipinski definition) is 10. The van der Waals surface area contributed by atoms with Gasteiger partial charge in [-0.1, -0.05) is 5.10 Å². The molecule has 0 bridgehead atoms. The van der Waals surface area contributed by atoms with E-state index in [2.05, 4.69) is 30.6 Å².